The highest BCUT2D eigenvalue weighted by atomic mass is 32.2. The zero-order valence-electron chi connectivity index (χ0n) is 20.6. The Morgan fingerprint density at radius 3 is 2.44 bits per heavy atom. The molecule has 0 radical (unpaired) electrons. The number of nitrogens with zero attached hydrogens (tertiary/aromatic N) is 1. The van der Waals surface area contributed by atoms with E-state index in [1.165, 1.54) is 0 Å². The number of fused-ring (bicyclic) bond motifs is 1. The van der Waals surface area contributed by atoms with Crippen LogP contribution in [0.1, 0.15) is 56.6 Å². The fraction of sp³-hybridized carbons (Fsp3) is 0.654. The average molecular weight is 488 g/mol. The minimum atomic E-state index is -0.608. The lowest BCUT2D eigenvalue weighted by atomic mass is 9.66. The Balaban J connectivity index is 1.68. The molecule has 0 aromatic heterocycles. The van der Waals surface area contributed by atoms with E-state index in [1.807, 2.05) is 32.0 Å². The summed E-state index contributed by atoms with van der Waals surface area (Å²) in [7, 11) is 1.62. The van der Waals surface area contributed by atoms with E-state index in [4.69, 9.17) is 5.11 Å². The lowest BCUT2D eigenvalue weighted by Gasteiger charge is -2.34. The first-order valence-corrected chi connectivity index (χ1v) is 13.2. The Morgan fingerprint density at radius 2 is 1.79 bits per heavy atom. The summed E-state index contributed by atoms with van der Waals surface area (Å²) >= 11 is 1.70. The molecule has 2 unspecified atom stereocenters. The number of para-hydroxylation sites is 1. The molecule has 8 heteroatoms. The van der Waals surface area contributed by atoms with E-state index in [-0.39, 0.29) is 29.1 Å². The number of carbonyl (C=O) groups is 3. The average Bonchev–Trinajstić information content (AvgIpc) is 3.36. The van der Waals surface area contributed by atoms with Gasteiger partial charge in [0.15, 0.2) is 0 Å². The van der Waals surface area contributed by atoms with Crippen LogP contribution in [-0.2, 0) is 14.4 Å². The molecule has 186 valence electrons. The summed E-state index contributed by atoms with van der Waals surface area (Å²) in [5.74, 6) is -1.24. The number of benzene rings is 1. The molecule has 34 heavy (non-hydrogen) atoms. The number of anilines is 1. The second-order valence-corrected chi connectivity index (χ2v) is 12.2. The highest BCUT2D eigenvalue weighted by molar-refractivity contribution is 8.02. The Labute approximate surface area is 206 Å². The van der Waals surface area contributed by atoms with Crippen LogP contribution >= 0.6 is 11.8 Å². The van der Waals surface area contributed by atoms with Gasteiger partial charge in [-0.3, -0.25) is 14.4 Å². The van der Waals surface area contributed by atoms with Gasteiger partial charge < -0.3 is 20.6 Å². The molecule has 1 spiro atoms. The molecule has 5 atom stereocenters. The molecule has 1 aromatic carbocycles. The van der Waals surface area contributed by atoms with Gasteiger partial charge in [-0.2, -0.15) is 0 Å². The molecule has 1 aromatic rings. The van der Waals surface area contributed by atoms with Gasteiger partial charge in [0.2, 0.25) is 17.7 Å². The number of hydrogen-bond acceptors (Lipinski definition) is 5. The molecule has 3 aliphatic heterocycles. The maximum Gasteiger partial charge on any atom is 0.248 e. The predicted octanol–water partition coefficient (Wildman–Crippen LogP) is 3.02. The zero-order chi connectivity index (χ0) is 24.7. The fourth-order valence-corrected chi connectivity index (χ4v) is 8.83. The number of nitrogens with one attached hydrogen (secondary N) is 2. The summed E-state index contributed by atoms with van der Waals surface area (Å²) < 4.78 is -0.931. The molecule has 0 aliphatic carbocycles. The lowest BCUT2D eigenvalue weighted by molar-refractivity contribution is -0.140. The van der Waals surface area contributed by atoms with Crippen LogP contribution in [0.4, 0.5) is 5.69 Å². The lowest BCUT2D eigenvalue weighted by Crippen LogP contribution is -2.52. The van der Waals surface area contributed by atoms with Crippen LogP contribution in [0.2, 0.25) is 0 Å². The highest BCUT2D eigenvalue weighted by Gasteiger charge is 2.76. The Bertz CT molecular complexity index is 965. The van der Waals surface area contributed by atoms with Crippen LogP contribution in [0.25, 0.3) is 0 Å². The van der Waals surface area contributed by atoms with Crippen LogP contribution in [0.5, 0.6) is 0 Å². The molecule has 2 bridgehead atoms. The molecule has 3 N–H and O–H groups in total. The predicted molar refractivity (Wildman–Crippen MR) is 135 cm³/mol. The van der Waals surface area contributed by atoms with Crippen LogP contribution in [-0.4, -0.2) is 63.5 Å². The van der Waals surface area contributed by atoms with E-state index < -0.39 is 22.6 Å². The number of aliphatic hydroxyl groups excluding tert-OH is 1. The second-order valence-electron chi connectivity index (χ2n) is 10.3. The maximum atomic E-state index is 13.9. The third-order valence-corrected chi connectivity index (χ3v) is 10.1. The summed E-state index contributed by atoms with van der Waals surface area (Å²) in [5, 5.41) is 15.0. The molecular formula is C26H37N3O4S. The zero-order valence-corrected chi connectivity index (χ0v) is 21.5. The summed E-state index contributed by atoms with van der Waals surface area (Å²) in [6.07, 6.45) is 4.86. The van der Waals surface area contributed by atoms with Crippen molar-refractivity contribution in [1.29, 1.82) is 0 Å². The fourth-order valence-electron chi connectivity index (χ4n) is 6.47. The van der Waals surface area contributed by atoms with Crippen molar-refractivity contribution in [3.63, 3.8) is 0 Å². The van der Waals surface area contributed by atoms with Crippen molar-refractivity contribution in [2.75, 3.05) is 25.5 Å². The number of aliphatic hydroxyl groups is 1. The van der Waals surface area contributed by atoms with E-state index in [9.17, 15) is 14.4 Å². The van der Waals surface area contributed by atoms with Gasteiger partial charge in [-0.25, -0.2) is 0 Å². The third kappa shape index (κ3) is 3.92. The minimum absolute atomic E-state index is 0.0617. The standard InChI is InChI=1S/C26H37N3O4S/c1-16-10-9-11-17(2)20(16)28-23(32)21-26-13-12-25(3,34-26)18(22(31)27-4)19(26)24(33)29(21)14-7-5-6-8-15-30/h9-11,18-19,21,30H,5-8,12-15H2,1-4H3,(H,27,31)(H,28,32)/t18-,19+,21?,25+,26?/m1/s1. The first-order chi connectivity index (χ1) is 16.2. The monoisotopic (exact) mass is 487 g/mol. The molecule has 3 amide bonds. The smallest absolute Gasteiger partial charge is 0.248 e. The topological polar surface area (TPSA) is 98.7 Å². The van der Waals surface area contributed by atoms with E-state index in [2.05, 4.69) is 17.6 Å². The van der Waals surface area contributed by atoms with Crippen molar-refractivity contribution in [3.8, 4) is 0 Å². The summed E-state index contributed by atoms with van der Waals surface area (Å²) in [6.45, 7) is 6.68. The Hall–Kier alpha value is -2.06. The van der Waals surface area contributed by atoms with Crippen LogP contribution < -0.4 is 10.6 Å². The van der Waals surface area contributed by atoms with Gasteiger partial charge in [0, 0.05) is 30.6 Å². The van der Waals surface area contributed by atoms with Gasteiger partial charge in [0.25, 0.3) is 0 Å². The number of unbranched alkanes of at least 4 members (excludes halogenated alkanes) is 3. The molecule has 4 rings (SSSR count). The van der Waals surface area contributed by atoms with Crippen molar-refractivity contribution >= 4 is 35.2 Å². The highest BCUT2D eigenvalue weighted by Crippen LogP contribution is 2.71. The molecule has 3 fully saturated rings. The first kappa shape index (κ1) is 25.0. The molecule has 7 nitrogen and oxygen atoms in total. The number of likely N-dealkylation sites (tertiary alicyclic amines) is 1. The number of aryl methyl sites for hydroxylation is 2. The second kappa shape index (κ2) is 9.53. The number of rotatable bonds is 9. The van der Waals surface area contributed by atoms with Crippen molar-refractivity contribution in [3.05, 3.63) is 29.3 Å². The van der Waals surface area contributed by atoms with Crippen molar-refractivity contribution < 1.29 is 19.5 Å². The van der Waals surface area contributed by atoms with E-state index >= 15 is 0 Å². The summed E-state index contributed by atoms with van der Waals surface area (Å²) in [5.41, 5.74) is 2.77. The van der Waals surface area contributed by atoms with Crippen LogP contribution in [0, 0.1) is 25.7 Å². The largest absolute Gasteiger partial charge is 0.396 e. The maximum absolute atomic E-state index is 13.9. The molecule has 0 saturated carbocycles. The molecule has 3 saturated heterocycles. The van der Waals surface area contributed by atoms with Crippen LogP contribution in [0.3, 0.4) is 0 Å². The van der Waals surface area contributed by atoms with Gasteiger partial charge in [0.05, 0.1) is 16.6 Å². The molecule has 3 aliphatic rings. The number of carbonyl (C=O) groups excluding carboxylic acids is 3. The van der Waals surface area contributed by atoms with Crippen molar-refractivity contribution in [2.24, 2.45) is 11.8 Å². The van der Waals surface area contributed by atoms with Crippen molar-refractivity contribution in [1.82, 2.24) is 10.2 Å². The van der Waals surface area contributed by atoms with Gasteiger partial charge in [-0.1, -0.05) is 31.0 Å². The molecular weight excluding hydrogens is 450 g/mol. The SMILES string of the molecule is CNC(=O)[C@H]1[C@H]2C(=O)N(CCCCCCO)C(C(=O)Nc3c(C)cccc3C)C23CC[C@]1(C)S3. The number of thioether (sulfide) groups is 1. The van der Waals surface area contributed by atoms with Crippen LogP contribution in [0.15, 0.2) is 18.2 Å². The number of amides is 3. The Kier molecular flexibility index (Phi) is 7.02. The van der Waals surface area contributed by atoms with E-state index in [1.54, 1.807) is 23.7 Å². The van der Waals surface area contributed by atoms with Gasteiger partial charge >= 0.3 is 0 Å². The summed E-state index contributed by atoms with van der Waals surface area (Å²) in [6, 6.07) is 5.31. The van der Waals surface area contributed by atoms with Crippen molar-refractivity contribution in [2.45, 2.75) is 74.8 Å². The van der Waals surface area contributed by atoms with Gasteiger partial charge in [0.1, 0.15) is 6.04 Å². The van der Waals surface area contributed by atoms with Gasteiger partial charge in [-0.15, -0.1) is 11.8 Å². The minimum Gasteiger partial charge on any atom is -0.396 e. The van der Waals surface area contributed by atoms with E-state index in [0.717, 1.165) is 55.3 Å². The normalized spacial score (nSPS) is 31.6. The molecule has 3 heterocycles. The quantitative estimate of drug-likeness (QED) is 0.465. The number of hydrogen-bond donors (Lipinski definition) is 3. The third-order valence-electron chi connectivity index (χ3n) is 8.09. The summed E-state index contributed by atoms with van der Waals surface area (Å²) in [4.78, 5) is 42.5. The van der Waals surface area contributed by atoms with E-state index in [0.29, 0.717) is 6.54 Å². The Morgan fingerprint density at radius 1 is 1.12 bits per heavy atom. The first-order valence-electron chi connectivity index (χ1n) is 12.4. The van der Waals surface area contributed by atoms with Gasteiger partial charge in [-0.05, 0) is 57.6 Å².